The Bertz CT molecular complexity index is 723. The fraction of sp³-hybridized carbons (Fsp3) is 0.222. The number of hydrogen-bond donors (Lipinski definition) is 1. The van der Waals surface area contributed by atoms with E-state index >= 15 is 0 Å². The van der Waals surface area contributed by atoms with Gasteiger partial charge in [0.1, 0.15) is 12.2 Å². The molecule has 0 bridgehead atoms. The molecule has 0 aromatic heterocycles. The normalized spacial score (nSPS) is 10.6. The third-order valence-electron chi connectivity index (χ3n) is 3.48. The molecular weight excluding hydrogens is 342 g/mol. The summed E-state index contributed by atoms with van der Waals surface area (Å²) in [5.41, 5.74) is 1.83. The zero-order valence-corrected chi connectivity index (χ0v) is 15.4. The van der Waals surface area contributed by atoms with Crippen molar-refractivity contribution in [2.24, 2.45) is 5.14 Å². The van der Waals surface area contributed by atoms with Gasteiger partial charge in [-0.05, 0) is 35.4 Å². The molecule has 25 heavy (non-hydrogen) atoms. The van der Waals surface area contributed by atoms with E-state index < -0.39 is 0 Å². The van der Waals surface area contributed by atoms with Gasteiger partial charge in [-0.2, -0.15) is 0 Å². The van der Waals surface area contributed by atoms with Crippen LogP contribution >= 0.6 is 12.2 Å². The van der Waals surface area contributed by atoms with Crippen LogP contribution in [0, 0.1) is 0 Å². The number of nitrogens with two attached hydrogens (primary N) is 1. The van der Waals surface area contributed by atoms with Crippen LogP contribution in [0.2, 0.25) is 0 Å². The van der Waals surface area contributed by atoms with E-state index in [2.05, 4.69) is 0 Å². The van der Waals surface area contributed by atoms with Gasteiger partial charge in [-0.1, -0.05) is 18.2 Å². The van der Waals surface area contributed by atoms with E-state index in [1.165, 1.54) is 0 Å². The first-order valence-corrected chi connectivity index (χ1v) is 8.16. The van der Waals surface area contributed by atoms with Crippen molar-refractivity contribution >= 4 is 24.4 Å². The summed E-state index contributed by atoms with van der Waals surface area (Å²) < 4.78 is 26.6. The maximum atomic E-state index is 5.37. The lowest BCUT2D eigenvalue weighted by atomic mass is 10.1. The fourth-order valence-corrected chi connectivity index (χ4v) is 2.54. The lowest BCUT2D eigenvalue weighted by Crippen LogP contribution is -1.95. The average Bonchev–Trinajstić information content (AvgIpc) is 2.65. The molecular formula is C18H21NO5S. The van der Waals surface area contributed by atoms with Crippen molar-refractivity contribution in [1.29, 1.82) is 0 Å². The van der Waals surface area contributed by atoms with E-state index in [-0.39, 0.29) is 0 Å². The summed E-state index contributed by atoms with van der Waals surface area (Å²) in [6.45, 7) is 0. The predicted molar refractivity (Wildman–Crippen MR) is 100 cm³/mol. The zero-order chi connectivity index (χ0) is 18.2. The first-order valence-electron chi connectivity index (χ1n) is 7.36. The minimum atomic E-state index is 0.557. The van der Waals surface area contributed by atoms with Crippen LogP contribution < -0.4 is 28.3 Å². The van der Waals surface area contributed by atoms with Crippen molar-refractivity contribution in [3.63, 3.8) is 0 Å². The number of ether oxygens (including phenoxy) is 4. The van der Waals surface area contributed by atoms with Crippen molar-refractivity contribution < 1.29 is 23.1 Å². The molecule has 0 amide bonds. The van der Waals surface area contributed by atoms with Crippen molar-refractivity contribution in [1.82, 2.24) is 0 Å². The van der Waals surface area contributed by atoms with E-state index in [4.69, 9.17) is 28.3 Å². The summed E-state index contributed by atoms with van der Waals surface area (Å²) in [4.78, 5) is 0. The molecule has 0 unspecified atom stereocenters. The first kappa shape index (κ1) is 18.8. The summed E-state index contributed by atoms with van der Waals surface area (Å²) in [7, 11) is 6.32. The molecule has 0 saturated heterocycles. The maximum absolute atomic E-state index is 5.37. The minimum absolute atomic E-state index is 0.557. The molecule has 2 N–H and O–H groups in total. The molecule has 0 aliphatic rings. The second-order valence-corrected chi connectivity index (χ2v) is 5.24. The smallest absolute Gasteiger partial charge is 0.203 e. The largest absolute Gasteiger partial charge is 0.493 e. The molecule has 0 aliphatic heterocycles. The fourth-order valence-electron chi connectivity index (χ4n) is 2.30. The summed E-state index contributed by atoms with van der Waals surface area (Å²) in [6, 6.07) is 9.32. The van der Waals surface area contributed by atoms with Gasteiger partial charge in [0.2, 0.25) is 5.75 Å². The highest BCUT2D eigenvalue weighted by Crippen LogP contribution is 2.38. The Morgan fingerprint density at radius 2 is 1.28 bits per heavy atom. The Balaban J connectivity index is 2.34. The Labute approximate surface area is 151 Å². The van der Waals surface area contributed by atoms with E-state index in [0.717, 1.165) is 23.4 Å². The zero-order valence-electron chi connectivity index (χ0n) is 14.6. The second-order valence-electron chi connectivity index (χ2n) is 4.88. The van der Waals surface area contributed by atoms with Crippen LogP contribution in [-0.4, -0.2) is 28.4 Å². The highest BCUT2D eigenvalue weighted by Gasteiger charge is 2.12. The first-order chi connectivity index (χ1) is 12.2. The van der Waals surface area contributed by atoms with Crippen LogP contribution in [0.3, 0.4) is 0 Å². The van der Waals surface area contributed by atoms with Gasteiger partial charge in [-0.25, -0.2) is 5.14 Å². The second kappa shape index (κ2) is 9.10. The van der Waals surface area contributed by atoms with Gasteiger partial charge in [-0.15, -0.1) is 0 Å². The Hall–Kier alpha value is -2.51. The molecule has 6 nitrogen and oxygen atoms in total. The average molecular weight is 363 g/mol. The van der Waals surface area contributed by atoms with Crippen molar-refractivity contribution in [2.45, 2.75) is 0 Å². The van der Waals surface area contributed by atoms with E-state index in [0.29, 0.717) is 28.7 Å². The topological polar surface area (TPSA) is 72.2 Å². The van der Waals surface area contributed by atoms with Crippen LogP contribution in [0.15, 0.2) is 30.3 Å². The highest BCUT2D eigenvalue weighted by molar-refractivity contribution is 7.92. The predicted octanol–water partition coefficient (Wildman–Crippen LogP) is 3.79. The SMILES string of the molecule is COc1ccc(/C=C/c2cc(OC)c(OC)c(OC)c2)cc1OSN. The van der Waals surface area contributed by atoms with Crippen molar-refractivity contribution in [3.05, 3.63) is 41.5 Å². The minimum Gasteiger partial charge on any atom is -0.493 e. The molecule has 0 heterocycles. The molecule has 2 rings (SSSR count). The van der Waals surface area contributed by atoms with Gasteiger partial charge in [0.05, 0.1) is 28.4 Å². The number of benzene rings is 2. The summed E-state index contributed by atoms with van der Waals surface area (Å²) in [5.74, 6) is 2.92. The van der Waals surface area contributed by atoms with Crippen LogP contribution in [0.5, 0.6) is 28.7 Å². The molecule has 134 valence electrons. The molecule has 0 spiro atoms. The third kappa shape index (κ3) is 4.52. The quantitative estimate of drug-likeness (QED) is 0.434. The van der Waals surface area contributed by atoms with Crippen molar-refractivity contribution in [2.75, 3.05) is 28.4 Å². The number of methoxy groups -OCH3 is 4. The van der Waals surface area contributed by atoms with Gasteiger partial charge in [-0.3, -0.25) is 0 Å². The summed E-state index contributed by atoms with van der Waals surface area (Å²) >= 11 is 0.770. The molecule has 2 aromatic rings. The van der Waals surface area contributed by atoms with Crippen molar-refractivity contribution in [3.8, 4) is 28.7 Å². The van der Waals surface area contributed by atoms with Crippen LogP contribution in [0.4, 0.5) is 0 Å². The summed E-state index contributed by atoms with van der Waals surface area (Å²) in [6.07, 6.45) is 3.87. The number of rotatable bonds is 8. The highest BCUT2D eigenvalue weighted by atomic mass is 32.2. The van der Waals surface area contributed by atoms with Crippen LogP contribution in [0.1, 0.15) is 11.1 Å². The van der Waals surface area contributed by atoms with E-state index in [1.807, 2.05) is 42.5 Å². The van der Waals surface area contributed by atoms with Gasteiger partial charge >= 0.3 is 0 Å². The van der Waals surface area contributed by atoms with E-state index in [9.17, 15) is 0 Å². The van der Waals surface area contributed by atoms with Gasteiger partial charge < -0.3 is 23.1 Å². The van der Waals surface area contributed by atoms with E-state index in [1.54, 1.807) is 28.4 Å². The maximum Gasteiger partial charge on any atom is 0.203 e. The monoisotopic (exact) mass is 363 g/mol. The van der Waals surface area contributed by atoms with Gasteiger partial charge in [0.25, 0.3) is 0 Å². The third-order valence-corrected chi connectivity index (χ3v) is 3.76. The molecule has 0 fully saturated rings. The Kier molecular flexibility index (Phi) is 6.85. The lowest BCUT2D eigenvalue weighted by molar-refractivity contribution is 0.324. The van der Waals surface area contributed by atoms with Gasteiger partial charge in [0, 0.05) is 0 Å². The standard InChI is InChI=1S/C18H21NO5S/c1-20-14-8-7-12(9-15(14)24-25-19)5-6-13-10-16(21-2)18(23-4)17(11-13)22-3/h5-11H,19H2,1-4H3/b6-5+. The molecule has 0 atom stereocenters. The molecule has 0 radical (unpaired) electrons. The van der Waals surface area contributed by atoms with Crippen LogP contribution in [-0.2, 0) is 0 Å². The molecule has 0 saturated carbocycles. The lowest BCUT2D eigenvalue weighted by Gasteiger charge is -2.13. The Morgan fingerprint density at radius 1 is 0.720 bits per heavy atom. The van der Waals surface area contributed by atoms with Crippen LogP contribution in [0.25, 0.3) is 12.2 Å². The summed E-state index contributed by atoms with van der Waals surface area (Å²) in [5, 5.41) is 5.37. The molecule has 7 heteroatoms. The molecule has 2 aromatic carbocycles. The molecule has 0 aliphatic carbocycles. The number of hydrogen-bond acceptors (Lipinski definition) is 7. The Morgan fingerprint density at radius 3 is 1.80 bits per heavy atom. The van der Waals surface area contributed by atoms with Gasteiger partial charge in [0.15, 0.2) is 23.0 Å².